The third-order valence-corrected chi connectivity index (χ3v) is 3.88. The molecule has 25 heavy (non-hydrogen) atoms. The lowest BCUT2D eigenvalue weighted by Gasteiger charge is -2.22. The highest BCUT2D eigenvalue weighted by Crippen LogP contribution is 2.36. The highest BCUT2D eigenvalue weighted by atomic mass is 16.5. The summed E-state index contributed by atoms with van der Waals surface area (Å²) in [6.07, 6.45) is 4.94. The quantitative estimate of drug-likeness (QED) is 0.745. The van der Waals surface area contributed by atoms with E-state index >= 15 is 0 Å². The lowest BCUT2D eigenvalue weighted by molar-refractivity contribution is 0.0912. The topological polar surface area (TPSA) is 78.5 Å². The van der Waals surface area contributed by atoms with E-state index in [0.717, 1.165) is 5.56 Å². The van der Waals surface area contributed by atoms with Crippen LogP contribution < -0.4 is 14.8 Å². The van der Waals surface area contributed by atoms with E-state index in [1.807, 2.05) is 29.9 Å². The SMILES string of the molecule is COc1cccc([C@H](NC(=O)c2ccco2)c2nccn2C)c1OC. The molecule has 0 spiro atoms. The fourth-order valence-electron chi connectivity index (χ4n) is 2.69. The van der Waals surface area contributed by atoms with Crippen LogP contribution in [0.25, 0.3) is 0 Å². The molecule has 3 rings (SSSR count). The maximum absolute atomic E-state index is 12.5. The number of nitrogens with one attached hydrogen (secondary N) is 1. The standard InChI is InChI=1S/C18H19N3O4/c1-21-10-9-19-17(21)15(20-18(22)14-8-5-11-25-14)12-6-4-7-13(23-2)16(12)24-3/h4-11,15H,1-3H3,(H,20,22)/t15-/m0/s1. The molecule has 0 aliphatic rings. The zero-order valence-corrected chi connectivity index (χ0v) is 14.2. The first kappa shape index (κ1) is 16.6. The summed E-state index contributed by atoms with van der Waals surface area (Å²) in [5.74, 6) is 1.65. The van der Waals surface area contributed by atoms with E-state index in [1.54, 1.807) is 38.6 Å². The second-order valence-electron chi connectivity index (χ2n) is 5.36. The van der Waals surface area contributed by atoms with Crippen molar-refractivity contribution < 1.29 is 18.7 Å². The Balaban J connectivity index is 2.06. The average molecular weight is 341 g/mol. The van der Waals surface area contributed by atoms with Gasteiger partial charge in [0.25, 0.3) is 5.91 Å². The van der Waals surface area contributed by atoms with Crippen LogP contribution in [-0.2, 0) is 7.05 Å². The third kappa shape index (κ3) is 3.21. The Morgan fingerprint density at radius 1 is 1.24 bits per heavy atom. The van der Waals surface area contributed by atoms with E-state index in [-0.39, 0.29) is 11.7 Å². The second kappa shape index (κ2) is 7.12. The van der Waals surface area contributed by atoms with Crippen molar-refractivity contribution in [1.29, 1.82) is 0 Å². The summed E-state index contributed by atoms with van der Waals surface area (Å²) in [5, 5.41) is 2.95. The fraction of sp³-hybridized carbons (Fsp3) is 0.222. The van der Waals surface area contributed by atoms with Crippen molar-refractivity contribution in [2.45, 2.75) is 6.04 Å². The first-order chi connectivity index (χ1) is 12.2. The average Bonchev–Trinajstić information content (AvgIpc) is 3.30. The maximum atomic E-state index is 12.5. The molecule has 1 atom stereocenters. The number of benzene rings is 1. The van der Waals surface area contributed by atoms with Crippen LogP contribution in [0.2, 0.25) is 0 Å². The Hall–Kier alpha value is -3.22. The van der Waals surface area contributed by atoms with Crippen LogP contribution in [0, 0.1) is 0 Å². The molecule has 0 unspecified atom stereocenters. The number of furan rings is 1. The molecule has 1 N–H and O–H groups in total. The zero-order chi connectivity index (χ0) is 17.8. The number of carbonyl (C=O) groups excluding carboxylic acids is 1. The number of aromatic nitrogens is 2. The number of para-hydroxylation sites is 1. The van der Waals surface area contributed by atoms with E-state index in [9.17, 15) is 4.79 Å². The van der Waals surface area contributed by atoms with Crippen molar-refractivity contribution >= 4 is 5.91 Å². The number of rotatable bonds is 6. The molecule has 0 bridgehead atoms. The molecule has 2 aromatic heterocycles. The van der Waals surface area contributed by atoms with Crippen LogP contribution in [0.3, 0.4) is 0 Å². The predicted octanol–water partition coefficient (Wildman–Crippen LogP) is 2.55. The fourth-order valence-corrected chi connectivity index (χ4v) is 2.69. The second-order valence-corrected chi connectivity index (χ2v) is 5.36. The molecule has 2 heterocycles. The minimum Gasteiger partial charge on any atom is -0.493 e. The highest BCUT2D eigenvalue weighted by Gasteiger charge is 2.26. The van der Waals surface area contributed by atoms with Gasteiger partial charge in [-0.1, -0.05) is 12.1 Å². The predicted molar refractivity (Wildman–Crippen MR) is 90.8 cm³/mol. The van der Waals surface area contributed by atoms with Crippen molar-refractivity contribution in [3.63, 3.8) is 0 Å². The summed E-state index contributed by atoms with van der Waals surface area (Å²) in [4.78, 5) is 16.9. The van der Waals surface area contributed by atoms with Gasteiger partial charge in [0.05, 0.1) is 20.5 Å². The number of hydrogen-bond acceptors (Lipinski definition) is 5. The van der Waals surface area contributed by atoms with Crippen LogP contribution in [-0.4, -0.2) is 29.7 Å². The molecule has 7 nitrogen and oxygen atoms in total. The van der Waals surface area contributed by atoms with Crippen molar-refractivity contribution in [2.75, 3.05) is 14.2 Å². The van der Waals surface area contributed by atoms with Crippen molar-refractivity contribution in [3.8, 4) is 11.5 Å². The largest absolute Gasteiger partial charge is 0.493 e. The number of ether oxygens (including phenoxy) is 2. The van der Waals surface area contributed by atoms with Gasteiger partial charge in [0, 0.05) is 25.0 Å². The van der Waals surface area contributed by atoms with E-state index in [2.05, 4.69) is 10.3 Å². The van der Waals surface area contributed by atoms with Crippen LogP contribution >= 0.6 is 0 Å². The Labute approximate surface area is 145 Å². The zero-order valence-electron chi connectivity index (χ0n) is 14.2. The first-order valence-corrected chi connectivity index (χ1v) is 7.68. The van der Waals surface area contributed by atoms with Gasteiger partial charge in [0.2, 0.25) is 0 Å². The number of nitrogens with zero attached hydrogens (tertiary/aromatic N) is 2. The lowest BCUT2D eigenvalue weighted by Crippen LogP contribution is -2.31. The lowest BCUT2D eigenvalue weighted by atomic mass is 10.0. The molecule has 0 aliphatic heterocycles. The van der Waals surface area contributed by atoms with Crippen LogP contribution in [0.1, 0.15) is 28.0 Å². The van der Waals surface area contributed by atoms with Gasteiger partial charge in [-0.2, -0.15) is 0 Å². The monoisotopic (exact) mass is 341 g/mol. The van der Waals surface area contributed by atoms with Gasteiger partial charge < -0.3 is 23.8 Å². The normalized spacial score (nSPS) is 11.8. The van der Waals surface area contributed by atoms with Crippen molar-refractivity contribution in [1.82, 2.24) is 14.9 Å². The van der Waals surface area contributed by atoms with E-state index < -0.39 is 6.04 Å². The van der Waals surface area contributed by atoms with Gasteiger partial charge in [-0.3, -0.25) is 4.79 Å². The minimum absolute atomic E-state index is 0.223. The van der Waals surface area contributed by atoms with Gasteiger partial charge in [-0.25, -0.2) is 4.98 Å². The Morgan fingerprint density at radius 2 is 2.08 bits per heavy atom. The molecule has 1 aromatic carbocycles. The summed E-state index contributed by atoms with van der Waals surface area (Å²) in [7, 11) is 4.99. The molecule has 0 fully saturated rings. The smallest absolute Gasteiger partial charge is 0.287 e. The number of amides is 1. The van der Waals surface area contributed by atoms with E-state index in [0.29, 0.717) is 17.3 Å². The summed E-state index contributed by atoms with van der Waals surface area (Å²) in [6, 6.07) is 8.23. The molecule has 130 valence electrons. The molecule has 0 saturated heterocycles. The van der Waals surface area contributed by atoms with Gasteiger partial charge in [-0.15, -0.1) is 0 Å². The summed E-state index contributed by atoms with van der Waals surface area (Å²) in [5.41, 5.74) is 0.732. The Kier molecular flexibility index (Phi) is 4.74. The number of imidazole rings is 1. The van der Waals surface area contributed by atoms with Gasteiger partial charge in [0.1, 0.15) is 11.9 Å². The number of methoxy groups -OCH3 is 2. The first-order valence-electron chi connectivity index (χ1n) is 7.68. The van der Waals surface area contributed by atoms with E-state index in [4.69, 9.17) is 13.9 Å². The molecule has 0 saturated carbocycles. The Bertz CT molecular complexity index is 855. The summed E-state index contributed by atoms with van der Waals surface area (Å²) in [6.45, 7) is 0. The maximum Gasteiger partial charge on any atom is 0.287 e. The highest BCUT2D eigenvalue weighted by molar-refractivity contribution is 5.92. The molecular formula is C18H19N3O4. The van der Waals surface area contributed by atoms with Crippen LogP contribution in [0.5, 0.6) is 11.5 Å². The summed E-state index contributed by atoms with van der Waals surface area (Å²) < 4.78 is 17.9. The number of carbonyl (C=O) groups is 1. The van der Waals surface area contributed by atoms with Crippen molar-refractivity contribution in [2.24, 2.45) is 7.05 Å². The number of hydrogen-bond donors (Lipinski definition) is 1. The third-order valence-electron chi connectivity index (χ3n) is 3.88. The van der Waals surface area contributed by atoms with Gasteiger partial charge >= 0.3 is 0 Å². The number of aryl methyl sites for hydroxylation is 1. The molecule has 1 amide bonds. The van der Waals surface area contributed by atoms with Gasteiger partial charge in [-0.05, 0) is 18.2 Å². The molecule has 0 aliphatic carbocycles. The molecule has 7 heteroatoms. The molecule has 0 radical (unpaired) electrons. The van der Waals surface area contributed by atoms with Gasteiger partial charge in [0.15, 0.2) is 17.3 Å². The minimum atomic E-state index is -0.539. The van der Waals surface area contributed by atoms with Crippen molar-refractivity contribution in [3.05, 3.63) is 66.1 Å². The Morgan fingerprint density at radius 3 is 2.68 bits per heavy atom. The summed E-state index contributed by atoms with van der Waals surface area (Å²) >= 11 is 0. The van der Waals surface area contributed by atoms with Crippen LogP contribution in [0.15, 0.2) is 53.4 Å². The van der Waals surface area contributed by atoms with E-state index in [1.165, 1.54) is 6.26 Å². The van der Waals surface area contributed by atoms with Crippen LogP contribution in [0.4, 0.5) is 0 Å². The molecule has 3 aromatic rings. The molecular weight excluding hydrogens is 322 g/mol.